The summed E-state index contributed by atoms with van der Waals surface area (Å²) >= 11 is 0. The Bertz CT molecular complexity index is 1080. The molecule has 0 aliphatic heterocycles. The number of unbranched alkanes of at least 4 members (excludes halogenated alkanes) is 23. The number of carbonyl (C=O) groups is 2. The van der Waals surface area contributed by atoms with Crippen molar-refractivity contribution in [3.63, 3.8) is 0 Å². The Morgan fingerprint density at radius 2 is 0.783 bits per heavy atom. The maximum absolute atomic E-state index is 12.8. The molecule has 5 heteroatoms. The molecule has 60 heavy (non-hydrogen) atoms. The van der Waals surface area contributed by atoms with E-state index in [4.69, 9.17) is 14.2 Å². The Hall–Kier alpha value is -2.66. The summed E-state index contributed by atoms with van der Waals surface area (Å²) in [5.74, 6) is -0.417. The van der Waals surface area contributed by atoms with Crippen molar-refractivity contribution in [1.82, 2.24) is 0 Å². The second-order valence-electron chi connectivity index (χ2n) is 16.7. The first kappa shape index (κ1) is 57.3. The molecule has 0 fully saturated rings. The quantitative estimate of drug-likeness (QED) is 0.0347. The summed E-state index contributed by atoms with van der Waals surface area (Å²) in [5, 5.41) is 0. The highest BCUT2D eigenvalue weighted by Crippen LogP contribution is 2.14. The largest absolute Gasteiger partial charge is 0.462 e. The third kappa shape index (κ3) is 48.0. The van der Waals surface area contributed by atoms with E-state index in [0.717, 1.165) is 83.5 Å². The summed E-state index contributed by atoms with van der Waals surface area (Å²) in [4.78, 5) is 25.3. The molecule has 0 aromatic rings. The van der Waals surface area contributed by atoms with Crippen LogP contribution in [0.5, 0.6) is 0 Å². The molecule has 346 valence electrons. The van der Waals surface area contributed by atoms with E-state index < -0.39 is 6.10 Å². The van der Waals surface area contributed by atoms with Gasteiger partial charge in [0, 0.05) is 19.4 Å². The highest BCUT2D eigenvalue weighted by Gasteiger charge is 2.17. The fourth-order valence-electron chi connectivity index (χ4n) is 6.95. The lowest BCUT2D eigenvalue weighted by molar-refractivity contribution is -0.163. The molecule has 1 atom stereocenters. The highest BCUT2D eigenvalue weighted by molar-refractivity contribution is 5.70. The standard InChI is InChI=1S/C55H96O5/c1-4-7-10-13-16-19-22-24-25-26-27-28-29-30-32-35-38-41-44-47-50-58-51-53(60-55(57)49-46-43-40-37-33-21-18-15-12-9-6-3)52-59-54(56)48-45-42-39-36-34-31-23-20-17-14-11-8-5-2/h7,10-11,14,16,19-20,23-25,27-28,53H,4-6,8-9,12-13,15,17-18,21-22,26,29-52H2,1-3H3/b10-7-,14-11-,19-16-,23-20-,25-24-,28-27-. The molecule has 0 amide bonds. The molecule has 0 aliphatic rings. The average molecular weight is 837 g/mol. The van der Waals surface area contributed by atoms with E-state index in [1.807, 2.05) is 0 Å². The molecule has 1 unspecified atom stereocenters. The van der Waals surface area contributed by atoms with Gasteiger partial charge in [-0.2, -0.15) is 0 Å². The summed E-state index contributed by atoms with van der Waals surface area (Å²) in [7, 11) is 0. The summed E-state index contributed by atoms with van der Waals surface area (Å²) in [6.07, 6.45) is 64.8. The van der Waals surface area contributed by atoms with Crippen LogP contribution in [0.2, 0.25) is 0 Å². The number of ether oxygens (including phenoxy) is 3. The predicted octanol–water partition coefficient (Wildman–Crippen LogP) is 17.1. The Morgan fingerprint density at radius 1 is 0.383 bits per heavy atom. The average Bonchev–Trinajstić information content (AvgIpc) is 3.25. The van der Waals surface area contributed by atoms with Crippen LogP contribution in [-0.2, 0) is 23.8 Å². The van der Waals surface area contributed by atoms with Gasteiger partial charge in [0.05, 0.1) is 6.61 Å². The second-order valence-corrected chi connectivity index (χ2v) is 16.7. The lowest BCUT2D eigenvalue weighted by Gasteiger charge is -2.18. The van der Waals surface area contributed by atoms with Gasteiger partial charge >= 0.3 is 11.9 Å². The van der Waals surface area contributed by atoms with Gasteiger partial charge < -0.3 is 14.2 Å². The van der Waals surface area contributed by atoms with Crippen molar-refractivity contribution in [2.75, 3.05) is 19.8 Å². The van der Waals surface area contributed by atoms with E-state index in [9.17, 15) is 9.59 Å². The number of hydrogen-bond donors (Lipinski definition) is 0. The SMILES string of the molecule is CC/C=C\C/C=C\C/C=C\C/C=C\CCCCCCCCCOCC(COC(=O)CCCCCCC/C=C\C/C=C\CCC)OC(=O)CCCCCCCCCCCCC. The molecule has 0 radical (unpaired) electrons. The van der Waals surface area contributed by atoms with Gasteiger partial charge in [0.15, 0.2) is 6.10 Å². The minimum absolute atomic E-state index is 0.0731. The van der Waals surface area contributed by atoms with Gasteiger partial charge in [-0.1, -0.05) is 216 Å². The number of hydrogen-bond acceptors (Lipinski definition) is 5. The Labute approximate surface area is 372 Å². The smallest absolute Gasteiger partial charge is 0.306 e. The summed E-state index contributed by atoms with van der Waals surface area (Å²) in [6, 6.07) is 0. The van der Waals surface area contributed by atoms with Crippen LogP contribution in [0.25, 0.3) is 0 Å². The third-order valence-corrected chi connectivity index (χ3v) is 10.7. The molecule has 0 aliphatic carbocycles. The van der Waals surface area contributed by atoms with Crippen LogP contribution in [-0.4, -0.2) is 37.9 Å². The minimum Gasteiger partial charge on any atom is -0.462 e. The topological polar surface area (TPSA) is 61.8 Å². The minimum atomic E-state index is -0.547. The van der Waals surface area contributed by atoms with Gasteiger partial charge in [-0.3, -0.25) is 9.59 Å². The van der Waals surface area contributed by atoms with E-state index in [1.165, 1.54) is 122 Å². The van der Waals surface area contributed by atoms with Crippen molar-refractivity contribution < 1.29 is 23.8 Å². The lowest BCUT2D eigenvalue weighted by Crippen LogP contribution is -2.30. The zero-order valence-electron chi connectivity index (χ0n) is 39.7. The first-order valence-electron chi connectivity index (χ1n) is 25.5. The zero-order valence-corrected chi connectivity index (χ0v) is 39.7. The zero-order chi connectivity index (χ0) is 43.5. The van der Waals surface area contributed by atoms with E-state index in [-0.39, 0.29) is 25.2 Å². The van der Waals surface area contributed by atoms with E-state index >= 15 is 0 Å². The number of esters is 2. The Morgan fingerprint density at radius 3 is 1.27 bits per heavy atom. The molecule has 0 rings (SSSR count). The third-order valence-electron chi connectivity index (χ3n) is 10.7. The first-order chi connectivity index (χ1) is 29.6. The monoisotopic (exact) mass is 837 g/mol. The molecule has 0 aromatic carbocycles. The van der Waals surface area contributed by atoms with Crippen LogP contribution in [0.3, 0.4) is 0 Å². The van der Waals surface area contributed by atoms with Crippen molar-refractivity contribution >= 4 is 11.9 Å². The molecule has 0 bridgehead atoms. The van der Waals surface area contributed by atoms with E-state index in [1.54, 1.807) is 0 Å². The van der Waals surface area contributed by atoms with E-state index in [0.29, 0.717) is 19.4 Å². The van der Waals surface area contributed by atoms with Gasteiger partial charge in [-0.15, -0.1) is 0 Å². The fourth-order valence-corrected chi connectivity index (χ4v) is 6.95. The summed E-state index contributed by atoms with van der Waals surface area (Å²) < 4.78 is 17.4. The number of carbonyl (C=O) groups excluding carboxylic acids is 2. The number of allylic oxidation sites excluding steroid dienone is 12. The first-order valence-corrected chi connectivity index (χ1v) is 25.5. The normalized spacial score (nSPS) is 12.8. The van der Waals surface area contributed by atoms with Gasteiger partial charge in [0.1, 0.15) is 6.61 Å². The Kier molecular flexibility index (Phi) is 48.4. The molecule has 5 nitrogen and oxygen atoms in total. The van der Waals surface area contributed by atoms with Crippen LogP contribution in [0, 0.1) is 0 Å². The van der Waals surface area contributed by atoms with Crippen molar-refractivity contribution in [2.24, 2.45) is 0 Å². The molecule has 0 saturated carbocycles. The van der Waals surface area contributed by atoms with Gasteiger partial charge in [-0.25, -0.2) is 0 Å². The highest BCUT2D eigenvalue weighted by atomic mass is 16.6. The molecule has 0 saturated heterocycles. The molecular formula is C55H96O5. The summed E-state index contributed by atoms with van der Waals surface area (Å²) in [5.41, 5.74) is 0. The van der Waals surface area contributed by atoms with Crippen LogP contribution in [0.15, 0.2) is 72.9 Å². The molecule has 0 N–H and O–H groups in total. The molecule has 0 aromatic heterocycles. The number of rotatable bonds is 46. The van der Waals surface area contributed by atoms with Crippen molar-refractivity contribution in [3.8, 4) is 0 Å². The van der Waals surface area contributed by atoms with E-state index in [2.05, 4.69) is 93.7 Å². The Balaban J connectivity index is 4.25. The van der Waals surface area contributed by atoms with Crippen LogP contribution in [0.4, 0.5) is 0 Å². The van der Waals surface area contributed by atoms with Gasteiger partial charge in [0.2, 0.25) is 0 Å². The molecule has 0 spiro atoms. The van der Waals surface area contributed by atoms with Crippen LogP contribution in [0.1, 0.15) is 239 Å². The predicted molar refractivity (Wildman–Crippen MR) is 260 cm³/mol. The lowest BCUT2D eigenvalue weighted by atomic mass is 10.1. The fraction of sp³-hybridized carbons (Fsp3) is 0.745. The molecule has 0 heterocycles. The maximum atomic E-state index is 12.8. The second kappa shape index (κ2) is 50.7. The summed E-state index contributed by atoms with van der Waals surface area (Å²) in [6.45, 7) is 7.62. The van der Waals surface area contributed by atoms with Crippen molar-refractivity contribution in [2.45, 2.75) is 245 Å². The van der Waals surface area contributed by atoms with Crippen LogP contribution < -0.4 is 0 Å². The van der Waals surface area contributed by atoms with Gasteiger partial charge in [0.25, 0.3) is 0 Å². The molecular weight excluding hydrogens is 741 g/mol. The van der Waals surface area contributed by atoms with Crippen LogP contribution >= 0.6 is 0 Å². The van der Waals surface area contributed by atoms with Gasteiger partial charge in [-0.05, 0) is 83.5 Å². The van der Waals surface area contributed by atoms with Crippen molar-refractivity contribution in [3.05, 3.63) is 72.9 Å². The van der Waals surface area contributed by atoms with Crippen molar-refractivity contribution in [1.29, 1.82) is 0 Å². The maximum Gasteiger partial charge on any atom is 0.306 e.